The van der Waals surface area contributed by atoms with Crippen molar-refractivity contribution < 1.29 is 9.90 Å². The summed E-state index contributed by atoms with van der Waals surface area (Å²) < 4.78 is 0. The van der Waals surface area contributed by atoms with Crippen molar-refractivity contribution in [3.8, 4) is 0 Å². The zero-order valence-corrected chi connectivity index (χ0v) is 14.6. The molecule has 0 bridgehead atoms. The van der Waals surface area contributed by atoms with E-state index in [4.69, 9.17) is 0 Å². The smallest absolute Gasteiger partial charge is 0.227 e. The Labute approximate surface area is 135 Å². The maximum absolute atomic E-state index is 13.0. The van der Waals surface area contributed by atoms with Gasteiger partial charge in [0.1, 0.15) is 0 Å². The summed E-state index contributed by atoms with van der Waals surface area (Å²) in [6.07, 6.45) is 5.98. The van der Waals surface area contributed by atoms with Gasteiger partial charge in [-0.15, -0.1) is 0 Å². The lowest BCUT2D eigenvalue weighted by Gasteiger charge is -2.33. The van der Waals surface area contributed by atoms with Crippen LogP contribution >= 0.6 is 0 Å². The molecule has 0 aromatic rings. The van der Waals surface area contributed by atoms with Gasteiger partial charge in [-0.25, -0.2) is 0 Å². The van der Waals surface area contributed by atoms with Gasteiger partial charge in [0.05, 0.1) is 12.0 Å². The minimum atomic E-state index is -0.320. The minimum Gasteiger partial charge on any atom is -0.393 e. The summed E-state index contributed by atoms with van der Waals surface area (Å²) in [4.78, 5) is 17.5. The monoisotopic (exact) mass is 310 g/mol. The standard InChI is InChI=1S/C18H34N2O2/c1-14(2)12-19-10-8-16(13-19)18(22)20-9-6-4-5-7-17(20)11-15(3)21/h14-17,21H,4-13H2,1-3H3/t15-,16+,17-/m1/s1. The Kier molecular flexibility index (Phi) is 6.69. The highest BCUT2D eigenvalue weighted by Gasteiger charge is 2.35. The van der Waals surface area contributed by atoms with Crippen LogP contribution in [0.25, 0.3) is 0 Å². The highest BCUT2D eigenvalue weighted by molar-refractivity contribution is 5.79. The number of amides is 1. The van der Waals surface area contributed by atoms with E-state index < -0.39 is 0 Å². The van der Waals surface area contributed by atoms with Crippen LogP contribution in [0, 0.1) is 11.8 Å². The molecule has 2 rings (SSSR count). The fourth-order valence-corrected chi connectivity index (χ4v) is 4.06. The van der Waals surface area contributed by atoms with E-state index in [1.165, 1.54) is 12.8 Å². The van der Waals surface area contributed by atoms with Gasteiger partial charge in [-0.1, -0.05) is 26.7 Å². The highest BCUT2D eigenvalue weighted by Crippen LogP contribution is 2.26. The molecule has 2 fully saturated rings. The molecule has 128 valence electrons. The van der Waals surface area contributed by atoms with E-state index in [1.54, 1.807) is 0 Å². The molecule has 0 aromatic heterocycles. The van der Waals surface area contributed by atoms with Crippen LogP contribution < -0.4 is 0 Å². The van der Waals surface area contributed by atoms with Crippen molar-refractivity contribution in [2.75, 3.05) is 26.2 Å². The number of rotatable bonds is 5. The van der Waals surface area contributed by atoms with E-state index in [0.29, 0.717) is 11.8 Å². The van der Waals surface area contributed by atoms with Gasteiger partial charge in [-0.2, -0.15) is 0 Å². The molecule has 4 nitrogen and oxygen atoms in total. The molecule has 0 radical (unpaired) electrons. The van der Waals surface area contributed by atoms with Crippen molar-refractivity contribution in [2.24, 2.45) is 11.8 Å². The van der Waals surface area contributed by atoms with Crippen molar-refractivity contribution in [1.82, 2.24) is 9.80 Å². The van der Waals surface area contributed by atoms with Gasteiger partial charge in [0.15, 0.2) is 0 Å². The van der Waals surface area contributed by atoms with Crippen molar-refractivity contribution >= 4 is 5.91 Å². The predicted octanol–water partition coefficient (Wildman–Crippen LogP) is 2.51. The third-order valence-corrected chi connectivity index (χ3v) is 5.02. The van der Waals surface area contributed by atoms with Crippen molar-refractivity contribution in [3.05, 3.63) is 0 Å². The third-order valence-electron chi connectivity index (χ3n) is 5.02. The molecule has 4 heteroatoms. The van der Waals surface area contributed by atoms with Crippen molar-refractivity contribution in [3.63, 3.8) is 0 Å². The van der Waals surface area contributed by atoms with E-state index in [9.17, 15) is 9.90 Å². The summed E-state index contributed by atoms with van der Waals surface area (Å²) in [6.45, 7) is 10.3. The highest BCUT2D eigenvalue weighted by atomic mass is 16.3. The zero-order chi connectivity index (χ0) is 16.1. The number of likely N-dealkylation sites (tertiary alicyclic amines) is 2. The van der Waals surface area contributed by atoms with Crippen LogP contribution in [0.3, 0.4) is 0 Å². The lowest BCUT2D eigenvalue weighted by Crippen LogP contribution is -2.45. The second-order valence-electron chi connectivity index (χ2n) is 7.76. The second-order valence-corrected chi connectivity index (χ2v) is 7.76. The van der Waals surface area contributed by atoms with Gasteiger partial charge < -0.3 is 14.9 Å². The molecule has 1 N–H and O–H groups in total. The number of aliphatic hydroxyl groups is 1. The molecule has 0 unspecified atom stereocenters. The first kappa shape index (κ1) is 17.7. The fraction of sp³-hybridized carbons (Fsp3) is 0.944. The van der Waals surface area contributed by atoms with Crippen LogP contribution in [0.5, 0.6) is 0 Å². The number of hydrogen-bond donors (Lipinski definition) is 1. The molecule has 2 aliphatic rings. The van der Waals surface area contributed by atoms with Crippen LogP contribution in [0.4, 0.5) is 0 Å². The Morgan fingerprint density at radius 3 is 2.59 bits per heavy atom. The first-order chi connectivity index (χ1) is 10.5. The predicted molar refractivity (Wildman–Crippen MR) is 89.7 cm³/mol. The maximum Gasteiger partial charge on any atom is 0.227 e. The fourth-order valence-electron chi connectivity index (χ4n) is 4.06. The molecule has 0 spiro atoms. The molecule has 2 aliphatic heterocycles. The molecule has 1 amide bonds. The summed E-state index contributed by atoms with van der Waals surface area (Å²) in [5.41, 5.74) is 0. The maximum atomic E-state index is 13.0. The summed E-state index contributed by atoms with van der Waals surface area (Å²) in [6, 6.07) is 0.245. The Balaban J connectivity index is 1.96. The lowest BCUT2D eigenvalue weighted by molar-refractivity contribution is -0.138. The first-order valence-corrected chi connectivity index (χ1v) is 9.18. The molecule has 0 aromatic carbocycles. The summed E-state index contributed by atoms with van der Waals surface area (Å²) in [5.74, 6) is 1.18. The largest absolute Gasteiger partial charge is 0.393 e. The Morgan fingerprint density at radius 1 is 1.14 bits per heavy atom. The van der Waals surface area contributed by atoms with E-state index in [1.807, 2.05) is 6.92 Å². The topological polar surface area (TPSA) is 43.8 Å². The Hall–Kier alpha value is -0.610. The average molecular weight is 310 g/mol. The molecule has 0 aliphatic carbocycles. The van der Waals surface area contributed by atoms with Crippen LogP contribution in [0.1, 0.15) is 59.3 Å². The third kappa shape index (κ3) is 4.95. The van der Waals surface area contributed by atoms with Crippen molar-refractivity contribution in [1.29, 1.82) is 0 Å². The van der Waals surface area contributed by atoms with Gasteiger partial charge in [0, 0.05) is 25.7 Å². The van der Waals surface area contributed by atoms with Crippen LogP contribution in [0.15, 0.2) is 0 Å². The number of hydrogen-bond acceptors (Lipinski definition) is 3. The SMILES string of the molecule is CC(C)CN1CC[C@H](C(=O)N2CCCCC[C@@H]2C[C@@H](C)O)C1. The lowest BCUT2D eigenvalue weighted by atomic mass is 10.0. The van der Waals surface area contributed by atoms with E-state index in [2.05, 4.69) is 23.6 Å². The van der Waals surface area contributed by atoms with Gasteiger partial charge >= 0.3 is 0 Å². The Morgan fingerprint density at radius 2 is 1.91 bits per heavy atom. The van der Waals surface area contributed by atoms with E-state index >= 15 is 0 Å². The molecular formula is C18H34N2O2. The van der Waals surface area contributed by atoms with Crippen LogP contribution in [-0.4, -0.2) is 59.1 Å². The normalized spacial score (nSPS) is 28.9. The van der Waals surface area contributed by atoms with Gasteiger partial charge in [-0.3, -0.25) is 4.79 Å². The van der Waals surface area contributed by atoms with Gasteiger partial charge in [0.25, 0.3) is 0 Å². The number of aliphatic hydroxyl groups excluding tert-OH is 1. The molecule has 22 heavy (non-hydrogen) atoms. The molecule has 3 atom stereocenters. The summed E-state index contributed by atoms with van der Waals surface area (Å²) in [5, 5.41) is 9.76. The molecule has 0 saturated carbocycles. The second kappa shape index (κ2) is 8.30. The number of nitrogens with zero attached hydrogens (tertiary/aromatic N) is 2. The first-order valence-electron chi connectivity index (χ1n) is 9.18. The van der Waals surface area contributed by atoms with E-state index in [-0.39, 0.29) is 18.1 Å². The quantitative estimate of drug-likeness (QED) is 0.848. The van der Waals surface area contributed by atoms with Crippen molar-refractivity contribution in [2.45, 2.75) is 71.4 Å². The van der Waals surface area contributed by atoms with Gasteiger partial charge in [-0.05, 0) is 45.1 Å². The molecule has 2 heterocycles. The summed E-state index contributed by atoms with van der Waals surface area (Å²) in [7, 11) is 0. The number of carbonyl (C=O) groups excluding carboxylic acids is 1. The summed E-state index contributed by atoms with van der Waals surface area (Å²) >= 11 is 0. The van der Waals surface area contributed by atoms with Crippen LogP contribution in [-0.2, 0) is 4.79 Å². The van der Waals surface area contributed by atoms with E-state index in [0.717, 1.165) is 51.9 Å². The minimum absolute atomic E-state index is 0.174. The molecular weight excluding hydrogens is 276 g/mol. The zero-order valence-electron chi connectivity index (χ0n) is 14.6. The average Bonchev–Trinajstić information content (AvgIpc) is 2.76. The number of carbonyl (C=O) groups is 1. The molecule has 2 saturated heterocycles. The van der Waals surface area contributed by atoms with Gasteiger partial charge in [0.2, 0.25) is 5.91 Å². The Bertz CT molecular complexity index is 357. The van der Waals surface area contributed by atoms with Crippen LogP contribution in [0.2, 0.25) is 0 Å².